The van der Waals surface area contributed by atoms with Crippen LogP contribution >= 0.6 is 0 Å². The molecule has 0 radical (unpaired) electrons. The van der Waals surface area contributed by atoms with Gasteiger partial charge in [0.25, 0.3) is 5.91 Å². The lowest BCUT2D eigenvalue weighted by atomic mass is 10.2. The van der Waals surface area contributed by atoms with Gasteiger partial charge in [0.05, 0.1) is 19.8 Å². The molecule has 126 valence electrons. The maximum atomic E-state index is 11.9. The van der Waals surface area contributed by atoms with Crippen LogP contribution < -0.4 is 14.8 Å². The van der Waals surface area contributed by atoms with E-state index in [1.54, 1.807) is 18.2 Å². The van der Waals surface area contributed by atoms with Crippen molar-refractivity contribution in [1.82, 2.24) is 0 Å². The first-order valence-corrected chi connectivity index (χ1v) is 7.01. The van der Waals surface area contributed by atoms with Crippen LogP contribution in [0.3, 0.4) is 0 Å². The molecule has 2 aromatic carbocycles. The number of nitrogens with one attached hydrogen (secondary N) is 1. The summed E-state index contributed by atoms with van der Waals surface area (Å²) >= 11 is 0. The first kappa shape index (κ1) is 17.1. The summed E-state index contributed by atoms with van der Waals surface area (Å²) in [5.41, 5.74) is 0.727. The standard InChI is InChI=1S/C17H17NO6/c1-22-14-8-5-12(9-15(14)23-2)18-16(20)10-24-17(21)11-3-6-13(19)7-4-11/h3-9,19H,10H2,1-2H3,(H,18,20). The molecule has 0 aliphatic rings. The van der Waals surface area contributed by atoms with Crippen molar-refractivity contribution in [3.63, 3.8) is 0 Å². The Hall–Kier alpha value is -3.22. The van der Waals surface area contributed by atoms with Gasteiger partial charge in [0.1, 0.15) is 5.75 Å². The van der Waals surface area contributed by atoms with Crippen LogP contribution in [0, 0.1) is 0 Å². The van der Waals surface area contributed by atoms with Crippen molar-refractivity contribution in [2.24, 2.45) is 0 Å². The Morgan fingerprint density at radius 3 is 2.29 bits per heavy atom. The maximum absolute atomic E-state index is 11.9. The van der Waals surface area contributed by atoms with Crippen LogP contribution in [0.1, 0.15) is 10.4 Å². The number of hydrogen-bond donors (Lipinski definition) is 2. The Morgan fingerprint density at radius 2 is 1.67 bits per heavy atom. The van der Waals surface area contributed by atoms with Gasteiger partial charge in [0.2, 0.25) is 0 Å². The number of benzene rings is 2. The second-order valence-corrected chi connectivity index (χ2v) is 4.74. The van der Waals surface area contributed by atoms with Gasteiger partial charge in [-0.05, 0) is 36.4 Å². The third-order valence-electron chi connectivity index (χ3n) is 3.10. The van der Waals surface area contributed by atoms with Crippen molar-refractivity contribution >= 4 is 17.6 Å². The largest absolute Gasteiger partial charge is 0.508 e. The van der Waals surface area contributed by atoms with E-state index in [9.17, 15) is 9.59 Å². The molecule has 0 spiro atoms. The molecule has 7 nitrogen and oxygen atoms in total. The topological polar surface area (TPSA) is 94.1 Å². The second kappa shape index (κ2) is 7.87. The minimum Gasteiger partial charge on any atom is -0.508 e. The highest BCUT2D eigenvalue weighted by Crippen LogP contribution is 2.29. The SMILES string of the molecule is COc1ccc(NC(=O)COC(=O)c2ccc(O)cc2)cc1OC. The molecule has 24 heavy (non-hydrogen) atoms. The molecule has 7 heteroatoms. The average molecular weight is 331 g/mol. The normalized spacial score (nSPS) is 9.92. The molecule has 0 unspecified atom stereocenters. The molecule has 0 aliphatic carbocycles. The summed E-state index contributed by atoms with van der Waals surface area (Å²) in [7, 11) is 3.00. The molecule has 0 aliphatic heterocycles. The first-order valence-electron chi connectivity index (χ1n) is 7.01. The Balaban J connectivity index is 1.91. The van der Waals surface area contributed by atoms with Crippen molar-refractivity contribution in [3.8, 4) is 17.2 Å². The van der Waals surface area contributed by atoms with E-state index < -0.39 is 18.5 Å². The number of esters is 1. The van der Waals surface area contributed by atoms with Crippen molar-refractivity contribution in [2.45, 2.75) is 0 Å². The van der Waals surface area contributed by atoms with Crippen LogP contribution in [-0.2, 0) is 9.53 Å². The summed E-state index contributed by atoms with van der Waals surface area (Å²) in [5.74, 6) is -0.102. The van der Waals surface area contributed by atoms with E-state index in [1.165, 1.54) is 38.5 Å². The molecule has 0 fully saturated rings. The van der Waals surface area contributed by atoms with Gasteiger partial charge in [-0.15, -0.1) is 0 Å². The molecule has 2 aromatic rings. The lowest BCUT2D eigenvalue weighted by Gasteiger charge is -2.10. The van der Waals surface area contributed by atoms with Gasteiger partial charge in [-0.1, -0.05) is 0 Å². The van der Waals surface area contributed by atoms with Crippen LogP contribution in [0.2, 0.25) is 0 Å². The summed E-state index contributed by atoms with van der Waals surface area (Å²) in [6, 6.07) is 10.4. The van der Waals surface area contributed by atoms with Crippen molar-refractivity contribution in [3.05, 3.63) is 48.0 Å². The molecule has 2 N–H and O–H groups in total. The number of phenols is 1. The molecule has 0 heterocycles. The third kappa shape index (κ3) is 4.39. The number of amides is 1. The smallest absolute Gasteiger partial charge is 0.338 e. The summed E-state index contributed by atoms with van der Waals surface area (Å²) in [5, 5.41) is 11.8. The van der Waals surface area contributed by atoms with Crippen LogP contribution in [0.4, 0.5) is 5.69 Å². The van der Waals surface area contributed by atoms with Gasteiger partial charge in [0, 0.05) is 11.8 Å². The van der Waals surface area contributed by atoms with Gasteiger partial charge in [-0.25, -0.2) is 4.79 Å². The molecule has 2 rings (SSSR count). The molecule has 0 bridgehead atoms. The fraction of sp³-hybridized carbons (Fsp3) is 0.176. The molecule has 0 aromatic heterocycles. The zero-order valence-electron chi connectivity index (χ0n) is 13.2. The van der Waals surface area contributed by atoms with Gasteiger partial charge >= 0.3 is 5.97 Å². The number of aromatic hydroxyl groups is 1. The van der Waals surface area contributed by atoms with E-state index in [0.717, 1.165) is 0 Å². The van der Waals surface area contributed by atoms with E-state index in [2.05, 4.69) is 5.32 Å². The first-order chi connectivity index (χ1) is 11.5. The number of rotatable bonds is 6. The summed E-state index contributed by atoms with van der Waals surface area (Å²) in [4.78, 5) is 23.6. The fourth-order valence-electron chi connectivity index (χ4n) is 1.92. The highest BCUT2D eigenvalue weighted by atomic mass is 16.5. The zero-order valence-corrected chi connectivity index (χ0v) is 13.2. The fourth-order valence-corrected chi connectivity index (χ4v) is 1.92. The summed E-state index contributed by atoms with van der Waals surface area (Å²) in [6.07, 6.45) is 0. The summed E-state index contributed by atoms with van der Waals surface area (Å²) < 4.78 is 15.2. The van der Waals surface area contributed by atoms with E-state index >= 15 is 0 Å². The van der Waals surface area contributed by atoms with Crippen LogP contribution in [0.25, 0.3) is 0 Å². The number of carbonyl (C=O) groups excluding carboxylic acids is 2. The van der Waals surface area contributed by atoms with Gasteiger partial charge < -0.3 is 24.6 Å². The number of ether oxygens (including phenoxy) is 3. The number of anilines is 1. The van der Waals surface area contributed by atoms with Gasteiger partial charge in [0.15, 0.2) is 18.1 Å². The number of phenolic OH excluding ortho intramolecular Hbond substituents is 1. The number of carbonyl (C=O) groups is 2. The Morgan fingerprint density at radius 1 is 1.00 bits per heavy atom. The van der Waals surface area contributed by atoms with Crippen LogP contribution in [0.5, 0.6) is 17.2 Å². The zero-order chi connectivity index (χ0) is 17.5. The number of hydrogen-bond acceptors (Lipinski definition) is 6. The molecule has 0 atom stereocenters. The molecule has 1 amide bonds. The number of methoxy groups -OCH3 is 2. The van der Waals surface area contributed by atoms with Gasteiger partial charge in [-0.2, -0.15) is 0 Å². The molecule has 0 saturated carbocycles. The van der Waals surface area contributed by atoms with Crippen LogP contribution in [0.15, 0.2) is 42.5 Å². The van der Waals surface area contributed by atoms with Gasteiger partial charge in [-0.3, -0.25) is 4.79 Å². The van der Waals surface area contributed by atoms with E-state index in [4.69, 9.17) is 19.3 Å². The minimum atomic E-state index is -0.655. The molecular weight excluding hydrogens is 314 g/mol. The summed E-state index contributed by atoms with van der Waals surface area (Å²) in [6.45, 7) is -0.436. The quantitative estimate of drug-likeness (QED) is 0.788. The maximum Gasteiger partial charge on any atom is 0.338 e. The predicted molar refractivity (Wildman–Crippen MR) is 86.6 cm³/mol. The average Bonchev–Trinajstić information content (AvgIpc) is 2.60. The van der Waals surface area contributed by atoms with Crippen molar-refractivity contribution in [1.29, 1.82) is 0 Å². The minimum absolute atomic E-state index is 0.0396. The van der Waals surface area contributed by atoms with E-state index in [-0.39, 0.29) is 11.3 Å². The van der Waals surface area contributed by atoms with Crippen molar-refractivity contribution in [2.75, 3.05) is 26.1 Å². The Bertz CT molecular complexity index is 726. The lowest BCUT2D eigenvalue weighted by molar-refractivity contribution is -0.119. The highest BCUT2D eigenvalue weighted by Gasteiger charge is 2.11. The van der Waals surface area contributed by atoms with Crippen LogP contribution in [-0.4, -0.2) is 37.8 Å². The van der Waals surface area contributed by atoms with E-state index in [0.29, 0.717) is 17.2 Å². The third-order valence-corrected chi connectivity index (χ3v) is 3.10. The van der Waals surface area contributed by atoms with E-state index in [1.807, 2.05) is 0 Å². The lowest BCUT2D eigenvalue weighted by Crippen LogP contribution is -2.20. The Kier molecular flexibility index (Phi) is 5.62. The Labute approximate surface area is 138 Å². The second-order valence-electron chi connectivity index (χ2n) is 4.74. The molecule has 0 saturated heterocycles. The molecular formula is C17H17NO6. The monoisotopic (exact) mass is 331 g/mol. The highest BCUT2D eigenvalue weighted by molar-refractivity contribution is 5.95. The van der Waals surface area contributed by atoms with Crippen molar-refractivity contribution < 1.29 is 28.9 Å². The predicted octanol–water partition coefficient (Wildman–Crippen LogP) is 2.20.